The highest BCUT2D eigenvalue weighted by atomic mass is 32.1. The molecule has 0 bridgehead atoms. The summed E-state index contributed by atoms with van der Waals surface area (Å²) in [5, 5.41) is 4.33. The summed E-state index contributed by atoms with van der Waals surface area (Å²) in [5.74, 6) is 0. The van der Waals surface area contributed by atoms with Crippen molar-refractivity contribution >= 4 is 34.0 Å². The molecule has 0 amide bonds. The Bertz CT molecular complexity index is 3840. The molecule has 0 aliphatic heterocycles. The van der Waals surface area contributed by atoms with Gasteiger partial charge in [-0.1, -0.05) is 243 Å². The first-order valence-electron chi connectivity index (χ1n) is 24.2. The number of hydrogen-bond acceptors (Lipinski definition) is 4. The van der Waals surface area contributed by atoms with Gasteiger partial charge in [-0.2, -0.15) is 0 Å². The molecule has 0 unspecified atom stereocenters. The van der Waals surface area contributed by atoms with Crippen LogP contribution in [0.3, 0.4) is 0 Å². The van der Waals surface area contributed by atoms with Crippen LogP contribution in [0.1, 0.15) is 0 Å². The van der Waals surface area contributed by atoms with Crippen LogP contribution in [0.15, 0.2) is 266 Å². The molecule has 0 aliphatic carbocycles. The molecule has 12 aromatic rings. The summed E-state index contributed by atoms with van der Waals surface area (Å²) >= 11 is 3.49. The summed E-state index contributed by atoms with van der Waals surface area (Å²) in [7, 11) is 0. The Morgan fingerprint density at radius 3 is 0.889 bits per heavy atom. The van der Waals surface area contributed by atoms with Gasteiger partial charge in [-0.15, -0.1) is 22.7 Å². The summed E-state index contributed by atoms with van der Waals surface area (Å²) in [6.45, 7) is 0. The zero-order valence-corrected chi connectivity index (χ0v) is 41.0. The van der Waals surface area contributed by atoms with Gasteiger partial charge in [0.1, 0.15) is 0 Å². The molecular formula is C68H48N2S2. The Morgan fingerprint density at radius 2 is 0.472 bits per heavy atom. The van der Waals surface area contributed by atoms with Crippen molar-refractivity contribution in [3.05, 3.63) is 266 Å². The van der Waals surface area contributed by atoms with Gasteiger partial charge in [0.05, 0.1) is 11.4 Å². The van der Waals surface area contributed by atoms with Gasteiger partial charge in [0.2, 0.25) is 0 Å². The summed E-state index contributed by atoms with van der Waals surface area (Å²) in [5.41, 5.74) is 38.3. The minimum absolute atomic E-state index is 0.524. The fourth-order valence-corrected chi connectivity index (χ4v) is 12.2. The summed E-state index contributed by atoms with van der Waals surface area (Å²) in [4.78, 5) is 2.30. The summed E-state index contributed by atoms with van der Waals surface area (Å²) in [6.07, 6.45) is 0. The van der Waals surface area contributed by atoms with Crippen molar-refractivity contribution in [3.63, 3.8) is 0 Å². The lowest BCUT2D eigenvalue weighted by Gasteiger charge is -2.29. The van der Waals surface area contributed by atoms with Gasteiger partial charge in [-0.05, 0) is 101 Å². The van der Waals surface area contributed by atoms with E-state index in [1.807, 2.05) is 0 Å². The molecule has 0 spiro atoms. The normalized spacial score (nSPS) is 11.2. The maximum absolute atomic E-state index is 8.01. The van der Waals surface area contributed by atoms with Gasteiger partial charge in [0.15, 0.2) is 0 Å². The van der Waals surface area contributed by atoms with Crippen molar-refractivity contribution in [2.24, 2.45) is 0 Å². The van der Waals surface area contributed by atoms with Gasteiger partial charge in [-0.25, -0.2) is 0 Å². The lowest BCUT2D eigenvalue weighted by molar-refractivity contribution is 1.51. The molecule has 342 valence electrons. The van der Waals surface area contributed by atoms with Crippen LogP contribution in [0.5, 0.6) is 0 Å². The van der Waals surface area contributed by atoms with Crippen LogP contribution in [-0.4, -0.2) is 0 Å². The van der Waals surface area contributed by atoms with Crippen LogP contribution >= 0.6 is 22.7 Å². The molecular weight excluding hydrogens is 909 g/mol. The van der Waals surface area contributed by atoms with Crippen LogP contribution in [0.4, 0.5) is 11.4 Å². The highest BCUT2D eigenvalue weighted by Crippen LogP contribution is 2.59. The molecule has 12 rings (SSSR count). The first kappa shape index (κ1) is 44.4. The van der Waals surface area contributed by atoms with E-state index in [0.717, 1.165) is 121 Å². The third kappa shape index (κ3) is 8.03. The molecule has 0 atom stereocenters. The van der Waals surface area contributed by atoms with Gasteiger partial charge < -0.3 is 11.5 Å². The van der Waals surface area contributed by atoms with E-state index in [0.29, 0.717) is 11.4 Å². The first-order valence-corrected chi connectivity index (χ1v) is 26.0. The standard InChI is InChI=1S/C68H48N2S2/c69-67-65(56-36-18-16-34-54(56)53-33-15-13-31-49(53)45-23-5-1-6-24-45)63(55-35-17-14-32-50(55)46-25-7-2-8-26-46)64(57-39-19-37-51(47-27-9-3-10-28-47)61(57)59-41-21-43-71-59)66(68(67)70)58-40-20-38-52(48-29-11-4-12-30-48)62(58)60-42-22-44-72-60/h1-44H,69-70H2. The Kier molecular flexibility index (Phi) is 12.1. The molecule has 72 heavy (non-hydrogen) atoms. The van der Waals surface area contributed by atoms with Crippen molar-refractivity contribution in [2.45, 2.75) is 0 Å². The van der Waals surface area contributed by atoms with E-state index in [-0.39, 0.29) is 0 Å². The van der Waals surface area contributed by atoms with E-state index < -0.39 is 0 Å². The Labute approximate surface area is 429 Å². The average Bonchev–Trinajstić information content (AvgIpc) is 4.21. The predicted molar refractivity (Wildman–Crippen MR) is 311 cm³/mol. The van der Waals surface area contributed by atoms with Gasteiger partial charge in [0, 0.05) is 43.1 Å². The molecule has 2 aromatic heterocycles. The number of thiophene rings is 2. The van der Waals surface area contributed by atoms with Crippen LogP contribution in [-0.2, 0) is 0 Å². The number of nitrogens with two attached hydrogens (primary N) is 2. The number of rotatable bonds is 11. The second-order valence-corrected chi connectivity index (χ2v) is 19.7. The van der Waals surface area contributed by atoms with Gasteiger partial charge in [-0.3, -0.25) is 0 Å². The van der Waals surface area contributed by atoms with Crippen molar-refractivity contribution in [2.75, 3.05) is 11.5 Å². The molecule has 0 radical (unpaired) electrons. The second-order valence-electron chi connectivity index (χ2n) is 17.8. The van der Waals surface area contributed by atoms with Gasteiger partial charge in [0.25, 0.3) is 0 Å². The zero-order chi connectivity index (χ0) is 48.4. The monoisotopic (exact) mass is 956 g/mol. The van der Waals surface area contributed by atoms with E-state index in [1.165, 1.54) is 0 Å². The number of anilines is 2. The second kappa shape index (κ2) is 19.5. The quantitative estimate of drug-likeness (QED) is 0.127. The van der Waals surface area contributed by atoms with Gasteiger partial charge >= 0.3 is 0 Å². The molecule has 4 N–H and O–H groups in total. The lowest BCUT2D eigenvalue weighted by atomic mass is 9.75. The van der Waals surface area contributed by atoms with E-state index in [1.54, 1.807) is 22.7 Å². The zero-order valence-electron chi connectivity index (χ0n) is 39.4. The first-order chi connectivity index (χ1) is 35.6. The maximum Gasteiger partial charge on any atom is 0.0640 e. The smallest absolute Gasteiger partial charge is 0.0640 e. The summed E-state index contributed by atoms with van der Waals surface area (Å²) < 4.78 is 0. The van der Waals surface area contributed by atoms with Crippen LogP contribution in [0.25, 0.3) is 121 Å². The predicted octanol–water partition coefficient (Wildman–Crippen LogP) is 19.3. The molecule has 2 nitrogen and oxygen atoms in total. The van der Waals surface area contributed by atoms with Crippen LogP contribution < -0.4 is 11.5 Å². The minimum Gasteiger partial charge on any atom is -0.397 e. The topological polar surface area (TPSA) is 52.0 Å². The van der Waals surface area contributed by atoms with Crippen molar-refractivity contribution in [1.82, 2.24) is 0 Å². The Balaban J connectivity index is 1.31. The highest BCUT2D eigenvalue weighted by molar-refractivity contribution is 7.14. The van der Waals surface area contributed by atoms with Crippen molar-refractivity contribution in [3.8, 4) is 121 Å². The summed E-state index contributed by atoms with van der Waals surface area (Å²) in [6, 6.07) is 91.3. The molecule has 2 heterocycles. The van der Waals surface area contributed by atoms with Crippen LogP contribution in [0, 0.1) is 0 Å². The Hall–Kier alpha value is -8.80. The largest absolute Gasteiger partial charge is 0.397 e. The van der Waals surface area contributed by atoms with E-state index in [4.69, 9.17) is 11.5 Å². The highest BCUT2D eigenvalue weighted by Gasteiger charge is 2.32. The maximum atomic E-state index is 8.01. The van der Waals surface area contributed by atoms with Crippen LogP contribution in [0.2, 0.25) is 0 Å². The lowest BCUT2D eigenvalue weighted by Crippen LogP contribution is -2.07. The third-order valence-electron chi connectivity index (χ3n) is 13.7. The average molecular weight is 957 g/mol. The molecule has 0 saturated carbocycles. The van der Waals surface area contributed by atoms with Crippen molar-refractivity contribution < 1.29 is 0 Å². The minimum atomic E-state index is 0.524. The third-order valence-corrected chi connectivity index (χ3v) is 15.5. The fraction of sp³-hybridized carbons (Fsp3) is 0. The Morgan fingerprint density at radius 1 is 0.194 bits per heavy atom. The molecule has 0 aliphatic rings. The number of nitrogen functional groups attached to an aromatic ring is 2. The van der Waals surface area contributed by atoms with E-state index in [9.17, 15) is 0 Å². The number of benzene rings is 10. The molecule has 4 heteroatoms. The SMILES string of the molecule is Nc1c(N)c(-c2cccc(-c3ccccc3)c2-c2cccs2)c(-c2cccc(-c3ccccc3)c2-c2cccs2)c(-c2ccccc2-c2ccccc2)c1-c1ccccc1-c1ccccc1-c1ccccc1. The molecule has 10 aromatic carbocycles. The van der Waals surface area contributed by atoms with E-state index >= 15 is 0 Å². The van der Waals surface area contributed by atoms with E-state index in [2.05, 4.69) is 266 Å². The molecule has 0 fully saturated rings. The fourth-order valence-electron chi connectivity index (χ4n) is 10.6. The van der Waals surface area contributed by atoms with Crippen molar-refractivity contribution in [1.29, 1.82) is 0 Å². The number of hydrogen-bond donors (Lipinski definition) is 2. The molecule has 0 saturated heterocycles.